The third-order valence-electron chi connectivity index (χ3n) is 3.65. The minimum atomic E-state index is -0.789. The summed E-state index contributed by atoms with van der Waals surface area (Å²) in [5, 5.41) is 9.25. The third-order valence-corrected chi connectivity index (χ3v) is 3.65. The second-order valence-corrected chi connectivity index (χ2v) is 4.87. The highest BCUT2D eigenvalue weighted by molar-refractivity contribution is 5.80. The minimum absolute atomic E-state index is 0.00248. The van der Waals surface area contributed by atoms with E-state index in [1.165, 1.54) is 0 Å². The maximum Gasteiger partial charge on any atom is 0.311 e. The molecule has 0 bridgehead atoms. The number of carbonyl (C=O) groups excluding carboxylic acids is 1. The Kier molecular flexibility index (Phi) is 5.59. The number of carbonyl (C=O) groups is 2. The molecule has 1 aliphatic heterocycles. The summed E-state index contributed by atoms with van der Waals surface area (Å²) in [6.07, 6.45) is 2.41. The Morgan fingerprint density at radius 2 is 2.06 bits per heavy atom. The van der Waals surface area contributed by atoms with Crippen LogP contribution < -0.4 is 0 Å². The van der Waals surface area contributed by atoms with E-state index in [0.29, 0.717) is 45.6 Å². The molecule has 1 N–H and O–H groups in total. The van der Waals surface area contributed by atoms with Crippen molar-refractivity contribution >= 4 is 11.9 Å². The van der Waals surface area contributed by atoms with Crippen LogP contribution in [0.25, 0.3) is 0 Å². The molecule has 0 aromatic rings. The van der Waals surface area contributed by atoms with Gasteiger partial charge in [0.25, 0.3) is 0 Å². The summed E-state index contributed by atoms with van der Waals surface area (Å²) in [6, 6.07) is 0. The predicted octanol–water partition coefficient (Wildman–Crippen LogP) is 1.52. The van der Waals surface area contributed by atoms with Crippen molar-refractivity contribution < 1.29 is 19.4 Å². The van der Waals surface area contributed by atoms with E-state index in [2.05, 4.69) is 0 Å². The van der Waals surface area contributed by atoms with Gasteiger partial charge >= 0.3 is 5.97 Å². The molecule has 1 heterocycles. The average Bonchev–Trinajstić information content (AvgIpc) is 2.80. The highest BCUT2D eigenvalue weighted by Crippen LogP contribution is 2.34. The van der Waals surface area contributed by atoms with Crippen LogP contribution in [-0.2, 0) is 14.3 Å². The van der Waals surface area contributed by atoms with E-state index in [9.17, 15) is 14.7 Å². The Morgan fingerprint density at radius 1 is 1.33 bits per heavy atom. The number of hydrogen-bond donors (Lipinski definition) is 1. The van der Waals surface area contributed by atoms with Gasteiger partial charge in [-0.2, -0.15) is 0 Å². The molecular formula is C13H23NO4. The highest BCUT2D eigenvalue weighted by Gasteiger charge is 2.44. The Hall–Kier alpha value is -1.10. The van der Waals surface area contributed by atoms with Gasteiger partial charge < -0.3 is 14.7 Å². The second-order valence-electron chi connectivity index (χ2n) is 4.87. The summed E-state index contributed by atoms with van der Waals surface area (Å²) < 4.78 is 5.27. The molecule has 1 aliphatic rings. The van der Waals surface area contributed by atoms with Gasteiger partial charge in [0.15, 0.2) is 0 Å². The van der Waals surface area contributed by atoms with E-state index in [1.807, 2.05) is 13.8 Å². The SMILES string of the molecule is CCCOCCC(=O)N1CCC(CC)(C(=O)O)C1. The number of likely N-dealkylation sites (tertiary alicyclic amines) is 1. The number of rotatable bonds is 7. The van der Waals surface area contributed by atoms with Gasteiger partial charge in [-0.05, 0) is 19.3 Å². The maximum absolute atomic E-state index is 11.9. The summed E-state index contributed by atoms with van der Waals surface area (Å²) in [5.74, 6) is -0.787. The van der Waals surface area contributed by atoms with Gasteiger partial charge in [0.05, 0.1) is 18.4 Å². The molecule has 0 saturated carbocycles. The quantitative estimate of drug-likeness (QED) is 0.702. The standard InChI is InChI=1S/C13H23NO4/c1-3-8-18-9-5-11(15)14-7-6-13(4-2,10-14)12(16)17/h3-10H2,1-2H3,(H,16,17). The minimum Gasteiger partial charge on any atom is -0.481 e. The molecule has 0 aromatic heterocycles. The summed E-state index contributed by atoms with van der Waals surface area (Å²) >= 11 is 0. The average molecular weight is 257 g/mol. The fourth-order valence-electron chi connectivity index (χ4n) is 2.26. The molecule has 104 valence electrons. The molecule has 5 nitrogen and oxygen atoms in total. The topological polar surface area (TPSA) is 66.8 Å². The van der Waals surface area contributed by atoms with Gasteiger partial charge in [0.2, 0.25) is 5.91 Å². The third kappa shape index (κ3) is 3.45. The van der Waals surface area contributed by atoms with Crippen LogP contribution in [0.2, 0.25) is 0 Å². The Morgan fingerprint density at radius 3 is 2.56 bits per heavy atom. The number of carboxylic acids is 1. The summed E-state index contributed by atoms with van der Waals surface area (Å²) in [4.78, 5) is 24.8. The first kappa shape index (κ1) is 15.0. The van der Waals surface area contributed by atoms with Crippen molar-refractivity contribution in [1.29, 1.82) is 0 Å². The van der Waals surface area contributed by atoms with Crippen molar-refractivity contribution in [2.75, 3.05) is 26.3 Å². The normalized spacial score (nSPS) is 23.3. The molecular weight excluding hydrogens is 234 g/mol. The monoisotopic (exact) mass is 257 g/mol. The Bertz CT molecular complexity index is 305. The first-order valence-electron chi connectivity index (χ1n) is 6.64. The zero-order valence-electron chi connectivity index (χ0n) is 11.3. The molecule has 0 aliphatic carbocycles. The molecule has 1 amide bonds. The fraction of sp³-hybridized carbons (Fsp3) is 0.846. The number of nitrogens with zero attached hydrogens (tertiary/aromatic N) is 1. The second kappa shape index (κ2) is 6.73. The van der Waals surface area contributed by atoms with Gasteiger partial charge in [0, 0.05) is 19.7 Å². The zero-order valence-corrected chi connectivity index (χ0v) is 11.3. The smallest absolute Gasteiger partial charge is 0.311 e. The lowest BCUT2D eigenvalue weighted by molar-refractivity contribution is -0.148. The van der Waals surface area contributed by atoms with Crippen LogP contribution in [0.3, 0.4) is 0 Å². The highest BCUT2D eigenvalue weighted by atomic mass is 16.5. The van der Waals surface area contributed by atoms with Crippen molar-refractivity contribution in [2.24, 2.45) is 5.41 Å². The van der Waals surface area contributed by atoms with E-state index >= 15 is 0 Å². The van der Waals surface area contributed by atoms with Crippen LogP contribution in [0.5, 0.6) is 0 Å². The van der Waals surface area contributed by atoms with Crippen LogP contribution >= 0.6 is 0 Å². The molecule has 0 aromatic carbocycles. The van der Waals surface area contributed by atoms with Crippen LogP contribution in [0, 0.1) is 5.41 Å². The van der Waals surface area contributed by atoms with Crippen LogP contribution in [0.15, 0.2) is 0 Å². The molecule has 5 heteroatoms. The number of amides is 1. The van der Waals surface area contributed by atoms with Crippen molar-refractivity contribution in [3.05, 3.63) is 0 Å². The Labute approximate surface area is 108 Å². The first-order chi connectivity index (χ1) is 8.55. The lowest BCUT2D eigenvalue weighted by Crippen LogP contribution is -2.36. The Balaban J connectivity index is 2.41. The van der Waals surface area contributed by atoms with Gasteiger partial charge in [-0.15, -0.1) is 0 Å². The summed E-state index contributed by atoms with van der Waals surface area (Å²) in [5.41, 5.74) is -0.736. The van der Waals surface area contributed by atoms with E-state index < -0.39 is 11.4 Å². The van der Waals surface area contributed by atoms with Gasteiger partial charge in [0.1, 0.15) is 0 Å². The van der Waals surface area contributed by atoms with E-state index in [1.54, 1.807) is 4.90 Å². The zero-order chi connectivity index (χ0) is 13.6. The predicted molar refractivity (Wildman–Crippen MR) is 67.3 cm³/mol. The van der Waals surface area contributed by atoms with Crippen LogP contribution in [0.1, 0.15) is 39.5 Å². The molecule has 0 spiro atoms. The van der Waals surface area contributed by atoms with Gasteiger partial charge in [-0.1, -0.05) is 13.8 Å². The van der Waals surface area contributed by atoms with Crippen molar-refractivity contribution in [3.63, 3.8) is 0 Å². The summed E-state index contributed by atoms with van der Waals surface area (Å²) in [7, 11) is 0. The molecule has 1 atom stereocenters. The molecule has 1 rings (SSSR count). The molecule has 18 heavy (non-hydrogen) atoms. The molecule has 1 fully saturated rings. The van der Waals surface area contributed by atoms with Crippen molar-refractivity contribution in [3.8, 4) is 0 Å². The van der Waals surface area contributed by atoms with Gasteiger partial charge in [-0.25, -0.2) is 0 Å². The van der Waals surface area contributed by atoms with Crippen LogP contribution in [0.4, 0.5) is 0 Å². The number of carboxylic acid groups (broad SMARTS) is 1. The van der Waals surface area contributed by atoms with Gasteiger partial charge in [-0.3, -0.25) is 9.59 Å². The number of aliphatic carboxylic acids is 1. The molecule has 1 unspecified atom stereocenters. The maximum atomic E-state index is 11.9. The van der Waals surface area contributed by atoms with Crippen molar-refractivity contribution in [2.45, 2.75) is 39.5 Å². The van der Waals surface area contributed by atoms with E-state index in [4.69, 9.17) is 4.74 Å². The lowest BCUT2D eigenvalue weighted by atomic mass is 9.84. The summed E-state index contributed by atoms with van der Waals surface area (Å²) in [6.45, 7) is 5.87. The largest absolute Gasteiger partial charge is 0.481 e. The first-order valence-corrected chi connectivity index (χ1v) is 6.64. The number of ether oxygens (including phenoxy) is 1. The number of hydrogen-bond acceptors (Lipinski definition) is 3. The molecule has 1 saturated heterocycles. The van der Waals surface area contributed by atoms with Crippen molar-refractivity contribution in [1.82, 2.24) is 4.90 Å². The van der Waals surface area contributed by atoms with E-state index in [0.717, 1.165) is 6.42 Å². The van der Waals surface area contributed by atoms with Crippen LogP contribution in [-0.4, -0.2) is 48.2 Å². The van der Waals surface area contributed by atoms with E-state index in [-0.39, 0.29) is 5.91 Å². The molecule has 0 radical (unpaired) electrons. The lowest BCUT2D eigenvalue weighted by Gasteiger charge is -2.23. The fourth-order valence-corrected chi connectivity index (χ4v) is 2.26.